The number of carbonyl (C=O) groups is 1. The molecule has 1 rings (SSSR count). The van der Waals surface area contributed by atoms with Crippen molar-refractivity contribution in [3.8, 4) is 0 Å². The van der Waals surface area contributed by atoms with Crippen molar-refractivity contribution in [1.29, 1.82) is 0 Å². The Bertz CT molecular complexity index is 428. The van der Waals surface area contributed by atoms with Gasteiger partial charge in [-0.15, -0.1) is 0 Å². The second-order valence-corrected chi connectivity index (χ2v) is 3.92. The van der Waals surface area contributed by atoms with Crippen molar-refractivity contribution < 1.29 is 13.6 Å². The number of nitrogens with one attached hydrogen (secondary N) is 1. The van der Waals surface area contributed by atoms with Crippen LogP contribution in [-0.4, -0.2) is 14.7 Å². The Morgan fingerprint density at radius 3 is 2.60 bits per heavy atom. The van der Waals surface area contributed by atoms with Gasteiger partial charge in [0, 0.05) is 5.57 Å². The van der Waals surface area contributed by atoms with E-state index < -0.39 is 11.1 Å². The SMILES string of the molecule is C=C(C)C(=O)Nc1ccccc1S(=O)O. The van der Waals surface area contributed by atoms with Crippen LogP contribution in [0.3, 0.4) is 0 Å². The summed E-state index contributed by atoms with van der Waals surface area (Å²) in [6.07, 6.45) is 0. The average molecular weight is 225 g/mol. The van der Waals surface area contributed by atoms with Crippen molar-refractivity contribution in [2.75, 3.05) is 5.32 Å². The average Bonchev–Trinajstić information content (AvgIpc) is 2.18. The Balaban J connectivity index is 2.99. The molecule has 0 aliphatic rings. The third kappa shape index (κ3) is 3.00. The zero-order valence-electron chi connectivity index (χ0n) is 8.19. The number of amides is 1. The van der Waals surface area contributed by atoms with Crippen LogP contribution in [0.15, 0.2) is 41.3 Å². The lowest BCUT2D eigenvalue weighted by molar-refractivity contribution is -0.112. The van der Waals surface area contributed by atoms with Gasteiger partial charge in [0.1, 0.15) is 0 Å². The maximum absolute atomic E-state index is 11.3. The Labute approximate surface area is 90.3 Å². The van der Waals surface area contributed by atoms with Gasteiger partial charge in [-0.3, -0.25) is 4.79 Å². The first-order chi connectivity index (χ1) is 7.02. The number of hydrogen-bond donors (Lipinski definition) is 2. The summed E-state index contributed by atoms with van der Waals surface area (Å²) in [6, 6.07) is 6.33. The number of rotatable bonds is 3. The molecule has 0 aliphatic carbocycles. The molecule has 1 aromatic carbocycles. The van der Waals surface area contributed by atoms with Crippen LogP contribution >= 0.6 is 0 Å². The molecule has 4 nitrogen and oxygen atoms in total. The summed E-state index contributed by atoms with van der Waals surface area (Å²) in [5.41, 5.74) is 0.667. The molecule has 2 N–H and O–H groups in total. The molecule has 0 fully saturated rings. The highest BCUT2D eigenvalue weighted by Gasteiger charge is 2.09. The molecule has 0 aromatic heterocycles. The fourth-order valence-electron chi connectivity index (χ4n) is 0.951. The lowest BCUT2D eigenvalue weighted by atomic mass is 10.3. The van der Waals surface area contributed by atoms with Gasteiger partial charge >= 0.3 is 0 Å². The molecule has 0 spiro atoms. The predicted molar refractivity (Wildman–Crippen MR) is 58.9 cm³/mol. The van der Waals surface area contributed by atoms with Crippen LogP contribution in [0.25, 0.3) is 0 Å². The zero-order chi connectivity index (χ0) is 11.4. The van der Waals surface area contributed by atoms with E-state index >= 15 is 0 Å². The van der Waals surface area contributed by atoms with Crippen molar-refractivity contribution in [1.82, 2.24) is 0 Å². The first kappa shape index (κ1) is 11.6. The first-order valence-electron chi connectivity index (χ1n) is 4.19. The Hall–Kier alpha value is -1.46. The number of hydrogen-bond acceptors (Lipinski definition) is 2. The molecule has 80 valence electrons. The minimum Gasteiger partial charge on any atom is -0.321 e. The van der Waals surface area contributed by atoms with Gasteiger partial charge in [-0.05, 0) is 19.1 Å². The van der Waals surface area contributed by atoms with E-state index in [0.717, 1.165) is 0 Å². The van der Waals surface area contributed by atoms with Crippen LogP contribution < -0.4 is 5.32 Å². The Morgan fingerprint density at radius 1 is 1.47 bits per heavy atom. The van der Waals surface area contributed by atoms with E-state index in [1.807, 2.05) is 0 Å². The smallest absolute Gasteiger partial charge is 0.250 e. The van der Waals surface area contributed by atoms with Gasteiger partial charge < -0.3 is 9.87 Å². The van der Waals surface area contributed by atoms with Gasteiger partial charge in [-0.2, -0.15) is 0 Å². The lowest BCUT2D eigenvalue weighted by Gasteiger charge is -2.07. The molecule has 0 saturated heterocycles. The number of anilines is 1. The highest BCUT2D eigenvalue weighted by molar-refractivity contribution is 7.79. The lowest BCUT2D eigenvalue weighted by Crippen LogP contribution is -2.13. The van der Waals surface area contributed by atoms with Crippen molar-refractivity contribution in [3.05, 3.63) is 36.4 Å². The summed E-state index contributed by atoms with van der Waals surface area (Å²) in [5, 5.41) is 2.50. The maximum Gasteiger partial charge on any atom is 0.250 e. The molecule has 0 heterocycles. The van der Waals surface area contributed by atoms with Crippen LogP contribution in [0.5, 0.6) is 0 Å². The number of benzene rings is 1. The molecule has 1 amide bonds. The molecule has 1 unspecified atom stereocenters. The monoisotopic (exact) mass is 225 g/mol. The third-order valence-corrected chi connectivity index (χ3v) is 2.44. The minimum absolute atomic E-state index is 0.173. The van der Waals surface area contributed by atoms with Crippen molar-refractivity contribution in [3.63, 3.8) is 0 Å². The van der Waals surface area contributed by atoms with Crippen LogP contribution in [0.1, 0.15) is 6.92 Å². The van der Waals surface area contributed by atoms with Crippen molar-refractivity contribution >= 4 is 22.7 Å². The summed E-state index contributed by atoms with van der Waals surface area (Å²) in [5.74, 6) is -0.368. The first-order valence-corrected chi connectivity index (χ1v) is 5.30. The van der Waals surface area contributed by atoms with Crippen molar-refractivity contribution in [2.24, 2.45) is 0 Å². The van der Waals surface area contributed by atoms with Gasteiger partial charge in [-0.25, -0.2) is 4.21 Å². The van der Waals surface area contributed by atoms with Crippen LogP contribution in [0.4, 0.5) is 5.69 Å². The third-order valence-electron chi connectivity index (χ3n) is 1.71. The van der Waals surface area contributed by atoms with Crippen LogP contribution in [0, 0.1) is 0 Å². The molecule has 0 saturated carbocycles. The molecule has 1 aromatic rings. The fraction of sp³-hybridized carbons (Fsp3) is 0.100. The highest BCUT2D eigenvalue weighted by atomic mass is 32.2. The second-order valence-electron chi connectivity index (χ2n) is 2.98. The molecule has 0 bridgehead atoms. The molecule has 5 heteroatoms. The van der Waals surface area contributed by atoms with Gasteiger partial charge in [-0.1, -0.05) is 18.7 Å². The van der Waals surface area contributed by atoms with E-state index in [4.69, 9.17) is 4.55 Å². The van der Waals surface area contributed by atoms with Crippen LogP contribution in [-0.2, 0) is 15.9 Å². The summed E-state index contributed by atoms with van der Waals surface area (Å²) in [6.45, 7) is 5.04. The quantitative estimate of drug-likeness (QED) is 0.608. The molecular weight excluding hydrogens is 214 g/mol. The van der Waals surface area contributed by atoms with E-state index in [9.17, 15) is 9.00 Å². The fourth-order valence-corrected chi connectivity index (χ4v) is 1.45. The van der Waals surface area contributed by atoms with Crippen LogP contribution in [0.2, 0.25) is 0 Å². The van der Waals surface area contributed by atoms with E-state index in [1.165, 1.54) is 6.07 Å². The molecule has 1 atom stereocenters. The van der Waals surface area contributed by atoms with Gasteiger partial charge in [0.25, 0.3) is 5.91 Å². The minimum atomic E-state index is -2.11. The summed E-state index contributed by atoms with van der Waals surface area (Å²) >= 11 is -2.11. The molecule has 15 heavy (non-hydrogen) atoms. The largest absolute Gasteiger partial charge is 0.321 e. The summed E-state index contributed by atoms with van der Waals surface area (Å²) in [4.78, 5) is 11.5. The molecule has 0 radical (unpaired) electrons. The van der Waals surface area contributed by atoms with Crippen molar-refractivity contribution in [2.45, 2.75) is 11.8 Å². The zero-order valence-corrected chi connectivity index (χ0v) is 9.00. The van der Waals surface area contributed by atoms with E-state index in [2.05, 4.69) is 11.9 Å². The summed E-state index contributed by atoms with van der Waals surface area (Å²) < 4.78 is 19.9. The highest BCUT2D eigenvalue weighted by Crippen LogP contribution is 2.18. The second kappa shape index (κ2) is 4.86. The van der Waals surface area contributed by atoms with E-state index in [1.54, 1.807) is 25.1 Å². The molecular formula is C10H11NO3S. The van der Waals surface area contributed by atoms with Gasteiger partial charge in [0.05, 0.1) is 10.6 Å². The van der Waals surface area contributed by atoms with Gasteiger partial charge in [0.15, 0.2) is 11.1 Å². The number of carbonyl (C=O) groups excluding carboxylic acids is 1. The summed E-state index contributed by atoms with van der Waals surface area (Å²) in [7, 11) is 0. The Kier molecular flexibility index (Phi) is 3.76. The number of para-hydroxylation sites is 1. The normalized spacial score (nSPS) is 11.9. The van der Waals surface area contributed by atoms with E-state index in [-0.39, 0.29) is 10.8 Å². The van der Waals surface area contributed by atoms with Gasteiger partial charge in [0.2, 0.25) is 0 Å². The maximum atomic E-state index is 11.3. The molecule has 0 aliphatic heterocycles. The Morgan fingerprint density at radius 2 is 2.07 bits per heavy atom. The standard InChI is InChI=1S/C10H11NO3S/c1-7(2)10(12)11-8-5-3-4-6-9(8)15(13)14/h3-6H,1H2,2H3,(H,11,12)(H,13,14). The topological polar surface area (TPSA) is 66.4 Å². The van der Waals surface area contributed by atoms with E-state index in [0.29, 0.717) is 11.3 Å². The predicted octanol–water partition coefficient (Wildman–Crippen LogP) is 1.78.